The third-order valence-electron chi connectivity index (χ3n) is 3.78. The Kier molecular flexibility index (Phi) is 4.83. The van der Waals surface area contributed by atoms with E-state index in [2.05, 4.69) is 6.92 Å². The SMILES string of the molecule is CCCN(C1CC1)S(=O)(=O)c1ccc(CC)c(CN)c1. The summed E-state index contributed by atoms with van der Waals surface area (Å²) < 4.78 is 27.2. The highest BCUT2D eigenvalue weighted by atomic mass is 32.2. The second-order valence-electron chi connectivity index (χ2n) is 5.34. The number of nitrogens with two attached hydrogens (primary N) is 1. The molecule has 0 atom stereocenters. The lowest BCUT2D eigenvalue weighted by Crippen LogP contribution is -2.34. The van der Waals surface area contributed by atoms with Crippen LogP contribution in [0.1, 0.15) is 44.2 Å². The first-order valence-corrected chi connectivity index (χ1v) is 8.82. The van der Waals surface area contributed by atoms with Gasteiger partial charge in [0.1, 0.15) is 0 Å². The number of sulfonamides is 1. The molecule has 1 aromatic carbocycles. The van der Waals surface area contributed by atoms with E-state index in [0.29, 0.717) is 18.0 Å². The molecule has 1 fully saturated rings. The van der Waals surface area contributed by atoms with Crippen molar-refractivity contribution >= 4 is 10.0 Å². The van der Waals surface area contributed by atoms with E-state index in [1.54, 1.807) is 16.4 Å². The Hall–Kier alpha value is -0.910. The van der Waals surface area contributed by atoms with Gasteiger partial charge in [-0.2, -0.15) is 4.31 Å². The van der Waals surface area contributed by atoms with E-state index in [1.807, 2.05) is 13.0 Å². The van der Waals surface area contributed by atoms with E-state index in [4.69, 9.17) is 5.73 Å². The molecule has 0 amide bonds. The van der Waals surface area contributed by atoms with Gasteiger partial charge in [0, 0.05) is 19.1 Å². The van der Waals surface area contributed by atoms with E-state index < -0.39 is 10.0 Å². The number of nitrogens with zero attached hydrogens (tertiary/aromatic N) is 1. The summed E-state index contributed by atoms with van der Waals surface area (Å²) in [4.78, 5) is 0.385. The molecule has 2 rings (SSSR count). The van der Waals surface area contributed by atoms with Crippen molar-refractivity contribution in [3.63, 3.8) is 0 Å². The first-order chi connectivity index (χ1) is 9.54. The maximum Gasteiger partial charge on any atom is 0.243 e. The van der Waals surface area contributed by atoms with Crippen LogP contribution in [0.25, 0.3) is 0 Å². The van der Waals surface area contributed by atoms with Gasteiger partial charge in [-0.3, -0.25) is 0 Å². The van der Waals surface area contributed by atoms with E-state index in [9.17, 15) is 8.42 Å². The van der Waals surface area contributed by atoms with Gasteiger partial charge in [-0.1, -0.05) is 19.9 Å². The lowest BCUT2D eigenvalue weighted by molar-refractivity contribution is 0.403. The van der Waals surface area contributed by atoms with E-state index in [0.717, 1.165) is 36.8 Å². The molecule has 1 aromatic rings. The van der Waals surface area contributed by atoms with Gasteiger partial charge in [-0.25, -0.2) is 8.42 Å². The zero-order valence-corrected chi connectivity index (χ0v) is 13.1. The lowest BCUT2D eigenvalue weighted by Gasteiger charge is -2.22. The van der Waals surface area contributed by atoms with Crippen LogP contribution in [-0.2, 0) is 23.0 Å². The number of hydrogen-bond acceptors (Lipinski definition) is 3. The summed E-state index contributed by atoms with van der Waals surface area (Å²) in [6.45, 7) is 5.04. The van der Waals surface area contributed by atoms with Gasteiger partial charge in [0.2, 0.25) is 10.0 Å². The zero-order valence-electron chi connectivity index (χ0n) is 12.3. The Balaban J connectivity index is 2.37. The summed E-state index contributed by atoms with van der Waals surface area (Å²) >= 11 is 0. The molecule has 112 valence electrons. The lowest BCUT2D eigenvalue weighted by atomic mass is 10.1. The van der Waals surface area contributed by atoms with Gasteiger partial charge in [0.05, 0.1) is 4.90 Å². The van der Waals surface area contributed by atoms with Gasteiger partial charge in [0.15, 0.2) is 0 Å². The average molecular weight is 296 g/mol. The van der Waals surface area contributed by atoms with Crippen LogP contribution in [0.4, 0.5) is 0 Å². The van der Waals surface area contributed by atoms with Crippen molar-refractivity contribution < 1.29 is 8.42 Å². The average Bonchev–Trinajstić information content (AvgIpc) is 3.28. The molecular weight excluding hydrogens is 272 g/mol. The summed E-state index contributed by atoms with van der Waals surface area (Å²) in [5.74, 6) is 0. The van der Waals surface area contributed by atoms with Crippen molar-refractivity contribution in [1.29, 1.82) is 0 Å². The van der Waals surface area contributed by atoms with E-state index in [-0.39, 0.29) is 6.04 Å². The highest BCUT2D eigenvalue weighted by molar-refractivity contribution is 7.89. The smallest absolute Gasteiger partial charge is 0.243 e. The number of benzene rings is 1. The fourth-order valence-corrected chi connectivity index (χ4v) is 4.34. The predicted octanol–water partition coefficient (Wildman–Crippen LogP) is 2.27. The van der Waals surface area contributed by atoms with Gasteiger partial charge >= 0.3 is 0 Å². The van der Waals surface area contributed by atoms with Crippen LogP contribution in [0.2, 0.25) is 0 Å². The third-order valence-corrected chi connectivity index (χ3v) is 5.73. The van der Waals surface area contributed by atoms with Gasteiger partial charge in [0.25, 0.3) is 0 Å². The molecule has 5 heteroatoms. The summed E-state index contributed by atoms with van der Waals surface area (Å²) in [5, 5.41) is 0. The van der Waals surface area contributed by atoms with E-state index in [1.165, 1.54) is 0 Å². The summed E-state index contributed by atoms with van der Waals surface area (Å²) in [5.41, 5.74) is 7.79. The molecule has 0 saturated heterocycles. The molecule has 0 aromatic heterocycles. The van der Waals surface area contributed by atoms with Crippen LogP contribution >= 0.6 is 0 Å². The predicted molar refractivity (Wildman–Crippen MR) is 80.9 cm³/mol. The van der Waals surface area contributed by atoms with Crippen molar-refractivity contribution in [1.82, 2.24) is 4.31 Å². The Morgan fingerprint density at radius 3 is 2.45 bits per heavy atom. The van der Waals surface area contributed by atoms with Crippen LogP contribution in [0.15, 0.2) is 23.1 Å². The Morgan fingerprint density at radius 2 is 1.95 bits per heavy atom. The van der Waals surface area contributed by atoms with Crippen LogP contribution in [-0.4, -0.2) is 25.3 Å². The van der Waals surface area contributed by atoms with Crippen molar-refractivity contribution in [2.45, 2.75) is 57.0 Å². The molecule has 2 N–H and O–H groups in total. The van der Waals surface area contributed by atoms with Crippen LogP contribution in [0, 0.1) is 0 Å². The van der Waals surface area contributed by atoms with Crippen molar-refractivity contribution in [2.24, 2.45) is 5.73 Å². The molecule has 0 radical (unpaired) electrons. The standard InChI is InChI=1S/C15H24N2O2S/c1-3-9-17(14-6-7-14)20(18,19)15-8-5-12(4-2)13(10-15)11-16/h5,8,10,14H,3-4,6-7,9,11,16H2,1-2H3. The fourth-order valence-electron chi connectivity index (χ4n) is 2.51. The van der Waals surface area contributed by atoms with E-state index >= 15 is 0 Å². The topological polar surface area (TPSA) is 63.4 Å². The molecule has 1 aliphatic rings. The van der Waals surface area contributed by atoms with Gasteiger partial charge in [-0.15, -0.1) is 0 Å². The second kappa shape index (κ2) is 6.24. The Morgan fingerprint density at radius 1 is 1.25 bits per heavy atom. The van der Waals surface area contributed by atoms with Crippen molar-refractivity contribution in [3.05, 3.63) is 29.3 Å². The minimum atomic E-state index is -3.38. The largest absolute Gasteiger partial charge is 0.326 e. The molecule has 1 saturated carbocycles. The quantitative estimate of drug-likeness (QED) is 0.839. The molecule has 4 nitrogen and oxygen atoms in total. The molecule has 1 aliphatic carbocycles. The molecule has 0 spiro atoms. The first-order valence-electron chi connectivity index (χ1n) is 7.38. The highest BCUT2D eigenvalue weighted by Crippen LogP contribution is 2.32. The third kappa shape index (κ3) is 3.05. The van der Waals surface area contributed by atoms with Crippen LogP contribution in [0.3, 0.4) is 0 Å². The summed E-state index contributed by atoms with van der Waals surface area (Å²) in [6, 6.07) is 5.57. The molecule has 0 unspecified atom stereocenters. The van der Waals surface area contributed by atoms with Crippen LogP contribution < -0.4 is 5.73 Å². The Bertz CT molecular complexity index is 565. The number of aryl methyl sites for hydroxylation is 1. The van der Waals surface area contributed by atoms with Crippen molar-refractivity contribution in [3.8, 4) is 0 Å². The summed E-state index contributed by atoms with van der Waals surface area (Å²) in [7, 11) is -3.38. The monoisotopic (exact) mass is 296 g/mol. The van der Waals surface area contributed by atoms with Crippen LogP contribution in [0.5, 0.6) is 0 Å². The summed E-state index contributed by atoms with van der Waals surface area (Å²) in [6.07, 6.45) is 3.67. The zero-order chi connectivity index (χ0) is 14.8. The fraction of sp³-hybridized carbons (Fsp3) is 0.600. The van der Waals surface area contributed by atoms with Gasteiger partial charge in [-0.05, 0) is 48.9 Å². The molecule has 0 aliphatic heterocycles. The van der Waals surface area contributed by atoms with Crippen molar-refractivity contribution in [2.75, 3.05) is 6.54 Å². The molecule has 0 heterocycles. The number of rotatable bonds is 7. The maximum atomic E-state index is 12.8. The molecule has 20 heavy (non-hydrogen) atoms. The Labute approximate surface area is 122 Å². The molecular formula is C15H24N2O2S. The normalized spacial score (nSPS) is 15.8. The highest BCUT2D eigenvalue weighted by Gasteiger charge is 2.37. The number of hydrogen-bond donors (Lipinski definition) is 1. The maximum absolute atomic E-state index is 12.8. The molecule has 0 bridgehead atoms. The van der Waals surface area contributed by atoms with Gasteiger partial charge < -0.3 is 5.73 Å². The second-order valence-corrected chi connectivity index (χ2v) is 7.23. The minimum Gasteiger partial charge on any atom is -0.326 e. The minimum absolute atomic E-state index is 0.201. The first kappa shape index (κ1) is 15.5.